The zero-order valence-electron chi connectivity index (χ0n) is 6.99. The average molecular weight is 228 g/mol. The average Bonchev–Trinajstić information content (AvgIpc) is 2.45. The minimum absolute atomic E-state index is 0.276. The molecule has 1 fully saturated rings. The van der Waals surface area contributed by atoms with Crippen LogP contribution in [0, 0.1) is 0 Å². The Morgan fingerprint density at radius 2 is 2.14 bits per heavy atom. The van der Waals surface area contributed by atoms with E-state index < -0.39 is 5.25 Å². The molecule has 0 saturated carbocycles. The van der Waals surface area contributed by atoms with Crippen molar-refractivity contribution in [3.8, 4) is 0 Å². The van der Waals surface area contributed by atoms with Crippen molar-refractivity contribution in [2.75, 3.05) is 0 Å². The van der Waals surface area contributed by atoms with Crippen molar-refractivity contribution in [1.29, 1.82) is 0 Å². The van der Waals surface area contributed by atoms with Crippen LogP contribution in [0.3, 0.4) is 0 Å². The summed E-state index contributed by atoms with van der Waals surface area (Å²) in [6, 6.07) is 6.96. The molecule has 1 atom stereocenters. The normalized spacial score (nSPS) is 21.1. The highest BCUT2D eigenvalue weighted by Gasteiger charge is 2.32. The number of amides is 2. The molecule has 0 unspecified atom stereocenters. The van der Waals surface area contributed by atoms with Crippen molar-refractivity contribution in [3.05, 3.63) is 34.9 Å². The lowest BCUT2D eigenvalue weighted by atomic mass is 10.1. The summed E-state index contributed by atoms with van der Waals surface area (Å²) in [7, 11) is 0. The van der Waals surface area contributed by atoms with Gasteiger partial charge in [-0.25, -0.2) is 0 Å². The lowest BCUT2D eigenvalue weighted by Gasteiger charge is -2.04. The van der Waals surface area contributed by atoms with Gasteiger partial charge in [0.1, 0.15) is 5.25 Å². The molecule has 1 aromatic carbocycles. The van der Waals surface area contributed by atoms with Crippen LogP contribution >= 0.6 is 23.4 Å². The van der Waals surface area contributed by atoms with E-state index in [1.54, 1.807) is 24.3 Å². The fraction of sp³-hybridized carbons (Fsp3) is 0.111. The van der Waals surface area contributed by atoms with Crippen molar-refractivity contribution in [2.45, 2.75) is 5.25 Å². The van der Waals surface area contributed by atoms with Gasteiger partial charge in [-0.05, 0) is 29.5 Å². The summed E-state index contributed by atoms with van der Waals surface area (Å²) in [5.74, 6) is -0.276. The summed E-state index contributed by atoms with van der Waals surface area (Å²) in [6.45, 7) is 0. The molecular formula is C9H6ClNO2S. The van der Waals surface area contributed by atoms with Crippen molar-refractivity contribution < 1.29 is 9.59 Å². The van der Waals surface area contributed by atoms with E-state index in [4.69, 9.17) is 11.6 Å². The second-order valence-corrected chi connectivity index (χ2v) is 4.34. The predicted octanol–water partition coefficient (Wildman–Crippen LogP) is 2.36. The molecule has 0 bridgehead atoms. The summed E-state index contributed by atoms with van der Waals surface area (Å²) in [5.41, 5.74) is 0.755. The molecule has 3 nitrogen and oxygen atoms in total. The molecular weight excluding hydrogens is 222 g/mol. The Labute approximate surface area is 89.8 Å². The summed E-state index contributed by atoms with van der Waals surface area (Å²) in [6.07, 6.45) is 0. The van der Waals surface area contributed by atoms with E-state index in [-0.39, 0.29) is 11.1 Å². The van der Waals surface area contributed by atoms with E-state index in [0.29, 0.717) is 5.02 Å². The van der Waals surface area contributed by atoms with Crippen LogP contribution in [0.2, 0.25) is 5.02 Å². The van der Waals surface area contributed by atoms with Crippen LogP contribution in [0.4, 0.5) is 4.79 Å². The predicted molar refractivity (Wildman–Crippen MR) is 55.3 cm³/mol. The molecule has 2 amide bonds. The lowest BCUT2D eigenvalue weighted by molar-refractivity contribution is -0.119. The van der Waals surface area contributed by atoms with Crippen LogP contribution in [0.5, 0.6) is 0 Å². The van der Waals surface area contributed by atoms with Crippen molar-refractivity contribution >= 4 is 34.5 Å². The van der Waals surface area contributed by atoms with E-state index in [2.05, 4.69) is 5.32 Å². The summed E-state index contributed by atoms with van der Waals surface area (Å²) < 4.78 is 0. The van der Waals surface area contributed by atoms with Crippen LogP contribution in [-0.2, 0) is 4.79 Å². The quantitative estimate of drug-likeness (QED) is 0.801. The first-order valence-electron chi connectivity index (χ1n) is 3.94. The monoisotopic (exact) mass is 227 g/mol. The first-order chi connectivity index (χ1) is 6.66. The fourth-order valence-corrected chi connectivity index (χ4v) is 2.27. The maximum absolute atomic E-state index is 11.3. The van der Waals surface area contributed by atoms with Gasteiger partial charge < -0.3 is 0 Å². The van der Waals surface area contributed by atoms with Gasteiger partial charge in [0.05, 0.1) is 0 Å². The molecule has 5 heteroatoms. The topological polar surface area (TPSA) is 46.2 Å². The molecule has 14 heavy (non-hydrogen) atoms. The smallest absolute Gasteiger partial charge is 0.286 e. The second kappa shape index (κ2) is 3.63. The number of halogens is 1. The number of rotatable bonds is 1. The highest BCUT2D eigenvalue weighted by Crippen LogP contribution is 2.34. The van der Waals surface area contributed by atoms with Gasteiger partial charge in [-0.2, -0.15) is 0 Å². The molecule has 1 aromatic rings. The highest BCUT2D eigenvalue weighted by molar-refractivity contribution is 8.15. The van der Waals surface area contributed by atoms with E-state index >= 15 is 0 Å². The third-order valence-corrected chi connectivity index (χ3v) is 3.11. The molecule has 0 aliphatic carbocycles. The Morgan fingerprint density at radius 1 is 1.36 bits per heavy atom. The number of thioether (sulfide) groups is 1. The van der Waals surface area contributed by atoms with E-state index in [1.807, 2.05) is 0 Å². The van der Waals surface area contributed by atoms with Crippen molar-refractivity contribution in [1.82, 2.24) is 5.32 Å². The van der Waals surface area contributed by atoms with Gasteiger partial charge in [-0.15, -0.1) is 0 Å². The standard InChI is InChI=1S/C9H6ClNO2S/c10-6-3-1-2-5(4-6)7-8(12)11-9(13)14-7/h1-4,7H,(H,11,12,13)/t7-/m1/s1. The van der Waals surface area contributed by atoms with Gasteiger partial charge in [0.25, 0.3) is 5.24 Å². The molecule has 1 N–H and O–H groups in total. The maximum atomic E-state index is 11.3. The van der Waals surface area contributed by atoms with Crippen LogP contribution in [0.1, 0.15) is 10.8 Å². The molecule has 0 radical (unpaired) electrons. The Hall–Kier alpha value is -1.000. The maximum Gasteiger partial charge on any atom is 0.286 e. The van der Waals surface area contributed by atoms with Gasteiger partial charge >= 0.3 is 0 Å². The summed E-state index contributed by atoms with van der Waals surface area (Å²) in [5, 5.41) is 2.03. The molecule has 72 valence electrons. The first-order valence-corrected chi connectivity index (χ1v) is 5.19. The van der Waals surface area contributed by atoms with Crippen LogP contribution in [0.15, 0.2) is 24.3 Å². The van der Waals surface area contributed by atoms with Crippen molar-refractivity contribution in [2.24, 2.45) is 0 Å². The van der Waals surface area contributed by atoms with Gasteiger partial charge in [-0.1, -0.05) is 23.7 Å². The number of imide groups is 1. The Bertz CT molecular complexity index is 408. The molecule has 1 aliphatic rings. The van der Waals surface area contributed by atoms with E-state index in [0.717, 1.165) is 17.3 Å². The molecule has 0 aromatic heterocycles. The Kier molecular flexibility index (Phi) is 2.48. The van der Waals surface area contributed by atoms with Gasteiger partial charge in [0, 0.05) is 5.02 Å². The zero-order valence-corrected chi connectivity index (χ0v) is 8.56. The van der Waals surface area contributed by atoms with E-state index in [9.17, 15) is 9.59 Å². The number of benzene rings is 1. The van der Waals surface area contributed by atoms with Crippen LogP contribution in [0.25, 0.3) is 0 Å². The van der Waals surface area contributed by atoms with Crippen molar-refractivity contribution in [3.63, 3.8) is 0 Å². The number of hydrogen-bond donors (Lipinski definition) is 1. The highest BCUT2D eigenvalue weighted by atomic mass is 35.5. The molecule has 2 rings (SSSR count). The Balaban J connectivity index is 2.31. The SMILES string of the molecule is O=C1NC(=O)[C@@H](c2cccc(Cl)c2)S1. The third kappa shape index (κ3) is 1.76. The zero-order chi connectivity index (χ0) is 10.1. The number of carbonyl (C=O) groups excluding carboxylic acids is 2. The molecule has 1 aliphatic heterocycles. The summed E-state index contributed by atoms with van der Waals surface area (Å²) in [4.78, 5) is 22.2. The lowest BCUT2D eigenvalue weighted by Crippen LogP contribution is -2.20. The number of nitrogens with one attached hydrogen (secondary N) is 1. The van der Waals surface area contributed by atoms with E-state index in [1.165, 1.54) is 0 Å². The molecule has 1 saturated heterocycles. The van der Waals surface area contributed by atoms with Gasteiger partial charge in [-0.3, -0.25) is 14.9 Å². The first kappa shape index (κ1) is 9.55. The van der Waals surface area contributed by atoms with Gasteiger partial charge in [0.15, 0.2) is 0 Å². The summed E-state index contributed by atoms with van der Waals surface area (Å²) >= 11 is 6.76. The number of hydrogen-bond acceptors (Lipinski definition) is 3. The van der Waals surface area contributed by atoms with Crippen LogP contribution in [-0.4, -0.2) is 11.1 Å². The fourth-order valence-electron chi connectivity index (χ4n) is 1.25. The second-order valence-electron chi connectivity index (χ2n) is 2.83. The Morgan fingerprint density at radius 3 is 2.71 bits per heavy atom. The largest absolute Gasteiger partial charge is 0.286 e. The minimum Gasteiger partial charge on any atom is -0.286 e. The molecule has 1 heterocycles. The third-order valence-electron chi connectivity index (χ3n) is 1.84. The van der Waals surface area contributed by atoms with Gasteiger partial charge in [0.2, 0.25) is 5.91 Å². The molecule has 0 spiro atoms. The van der Waals surface area contributed by atoms with Crippen LogP contribution < -0.4 is 5.32 Å². The number of carbonyl (C=O) groups is 2. The minimum atomic E-state index is -0.457.